The number of carbonyl (C=O) groups excluding carboxylic acids is 2. The number of likely N-dealkylation sites (tertiary alicyclic amines) is 1. The Morgan fingerprint density at radius 1 is 1.11 bits per heavy atom. The monoisotopic (exact) mass is 527 g/mol. The lowest BCUT2D eigenvalue weighted by molar-refractivity contribution is -0.137. The van der Waals surface area contributed by atoms with Crippen LogP contribution in [0.25, 0.3) is 0 Å². The zero-order chi connectivity index (χ0) is 26.5. The highest BCUT2D eigenvalue weighted by Gasteiger charge is 2.30. The van der Waals surface area contributed by atoms with Gasteiger partial charge in [0, 0.05) is 31.6 Å². The summed E-state index contributed by atoms with van der Waals surface area (Å²) >= 11 is 0. The second-order valence-corrected chi connectivity index (χ2v) is 10.1. The predicted octanol–water partition coefficient (Wildman–Crippen LogP) is 3.23. The van der Waals surface area contributed by atoms with Crippen molar-refractivity contribution in [2.45, 2.75) is 25.6 Å². The zero-order valence-corrected chi connectivity index (χ0v) is 20.0. The summed E-state index contributed by atoms with van der Waals surface area (Å²) in [5, 5.41) is 3.37. The first-order valence-electron chi connectivity index (χ1n) is 11.0. The van der Waals surface area contributed by atoms with Gasteiger partial charge in [-0.3, -0.25) is 9.59 Å². The minimum Gasteiger partial charge on any atom is -0.352 e. The SMILES string of the molecule is C=CS(=O)(=O)NC[C@H]1CCN(C(=O)c2ccc(CC(=O)NCc3ccc(C(F)(F)F)cc3)cc2F)C1. The molecule has 2 aromatic rings. The quantitative estimate of drug-likeness (QED) is 0.490. The van der Waals surface area contributed by atoms with E-state index in [1.165, 1.54) is 29.2 Å². The third-order valence-electron chi connectivity index (χ3n) is 5.77. The molecular weight excluding hydrogens is 502 g/mol. The van der Waals surface area contributed by atoms with Crippen molar-refractivity contribution in [1.82, 2.24) is 14.9 Å². The molecule has 194 valence electrons. The van der Waals surface area contributed by atoms with E-state index in [9.17, 15) is 35.6 Å². The Balaban J connectivity index is 1.52. The molecule has 2 N–H and O–H groups in total. The van der Waals surface area contributed by atoms with E-state index >= 15 is 0 Å². The Morgan fingerprint density at radius 2 is 1.78 bits per heavy atom. The van der Waals surface area contributed by atoms with Gasteiger partial charge in [0.2, 0.25) is 15.9 Å². The van der Waals surface area contributed by atoms with Gasteiger partial charge in [-0.1, -0.05) is 24.8 Å². The molecule has 12 heteroatoms. The van der Waals surface area contributed by atoms with Crippen molar-refractivity contribution in [3.8, 4) is 0 Å². The number of nitrogens with one attached hydrogen (secondary N) is 2. The zero-order valence-electron chi connectivity index (χ0n) is 19.1. The van der Waals surface area contributed by atoms with Crippen molar-refractivity contribution in [1.29, 1.82) is 0 Å². The van der Waals surface area contributed by atoms with E-state index < -0.39 is 39.4 Å². The number of nitrogens with zero attached hydrogens (tertiary/aromatic N) is 1. The van der Waals surface area contributed by atoms with Crippen molar-refractivity contribution in [3.63, 3.8) is 0 Å². The molecule has 2 amide bonds. The van der Waals surface area contributed by atoms with Crippen LogP contribution in [-0.2, 0) is 34.0 Å². The molecule has 3 rings (SSSR count). The van der Waals surface area contributed by atoms with Crippen molar-refractivity contribution in [3.05, 3.63) is 82.5 Å². The Morgan fingerprint density at radius 3 is 2.39 bits per heavy atom. The van der Waals surface area contributed by atoms with E-state index in [2.05, 4.69) is 16.6 Å². The molecule has 0 aliphatic carbocycles. The molecule has 0 bridgehead atoms. The van der Waals surface area contributed by atoms with Gasteiger partial charge < -0.3 is 10.2 Å². The normalized spacial score (nSPS) is 16.1. The molecule has 1 heterocycles. The number of hydrogen-bond acceptors (Lipinski definition) is 4. The highest BCUT2D eigenvalue weighted by Crippen LogP contribution is 2.29. The molecule has 0 radical (unpaired) electrons. The van der Waals surface area contributed by atoms with Gasteiger partial charge in [0.15, 0.2) is 0 Å². The summed E-state index contributed by atoms with van der Waals surface area (Å²) in [6.45, 7) is 3.99. The molecule has 1 aliphatic heterocycles. The molecule has 1 aliphatic rings. The number of hydrogen-bond donors (Lipinski definition) is 2. The topological polar surface area (TPSA) is 95.6 Å². The van der Waals surface area contributed by atoms with Gasteiger partial charge in [-0.05, 0) is 47.7 Å². The van der Waals surface area contributed by atoms with E-state index in [4.69, 9.17) is 0 Å². The fourth-order valence-electron chi connectivity index (χ4n) is 3.75. The van der Waals surface area contributed by atoms with E-state index in [-0.39, 0.29) is 37.5 Å². The smallest absolute Gasteiger partial charge is 0.352 e. The third kappa shape index (κ3) is 7.37. The molecule has 2 aromatic carbocycles. The van der Waals surface area contributed by atoms with E-state index in [1.54, 1.807) is 0 Å². The summed E-state index contributed by atoms with van der Waals surface area (Å²) in [5.74, 6) is -1.89. The van der Waals surface area contributed by atoms with Crippen LogP contribution in [0.2, 0.25) is 0 Å². The largest absolute Gasteiger partial charge is 0.416 e. The van der Waals surface area contributed by atoms with Crippen molar-refractivity contribution in [2.75, 3.05) is 19.6 Å². The number of carbonyl (C=O) groups is 2. The molecular formula is C24H25F4N3O4S. The molecule has 1 saturated heterocycles. The van der Waals surface area contributed by atoms with Gasteiger partial charge in [-0.25, -0.2) is 17.5 Å². The maximum atomic E-state index is 14.7. The van der Waals surface area contributed by atoms with Crippen molar-refractivity contribution in [2.24, 2.45) is 5.92 Å². The fraction of sp³-hybridized carbons (Fsp3) is 0.333. The number of rotatable bonds is 9. The molecule has 1 fully saturated rings. The Bertz CT molecular complexity index is 1230. The molecule has 0 unspecified atom stereocenters. The van der Waals surface area contributed by atoms with Crippen LogP contribution in [0.4, 0.5) is 17.6 Å². The molecule has 36 heavy (non-hydrogen) atoms. The first kappa shape index (κ1) is 27.3. The van der Waals surface area contributed by atoms with Crippen LogP contribution in [-0.4, -0.2) is 44.8 Å². The summed E-state index contributed by atoms with van der Waals surface area (Å²) in [4.78, 5) is 26.4. The number of amides is 2. The second kappa shape index (κ2) is 11.2. The average Bonchev–Trinajstić information content (AvgIpc) is 3.30. The van der Waals surface area contributed by atoms with Crippen LogP contribution in [0.3, 0.4) is 0 Å². The molecule has 0 saturated carbocycles. The van der Waals surface area contributed by atoms with Gasteiger partial charge in [0.05, 0.1) is 17.5 Å². The summed E-state index contributed by atoms with van der Waals surface area (Å²) in [6.07, 6.45) is -4.06. The van der Waals surface area contributed by atoms with E-state index in [0.717, 1.165) is 23.6 Å². The van der Waals surface area contributed by atoms with Gasteiger partial charge in [0.1, 0.15) is 5.82 Å². The minimum absolute atomic E-state index is 0.00903. The molecule has 7 nitrogen and oxygen atoms in total. The van der Waals surface area contributed by atoms with Gasteiger partial charge >= 0.3 is 6.18 Å². The Hall–Kier alpha value is -3.25. The first-order chi connectivity index (χ1) is 16.9. The third-order valence-corrected chi connectivity index (χ3v) is 6.77. The second-order valence-electron chi connectivity index (χ2n) is 8.43. The standard InChI is InChI=1S/C24H25F4N3O4S/c1-2-36(34,35)30-14-18-9-10-31(15-18)23(33)20-8-5-17(11-21(20)25)12-22(32)29-13-16-3-6-19(7-4-16)24(26,27)28/h2-8,11,18,30H,1,9-10,12-15H2,(H,29,32)/t18-/m1/s1. The molecule has 0 spiro atoms. The van der Waals surface area contributed by atoms with Crippen molar-refractivity contribution >= 4 is 21.8 Å². The van der Waals surface area contributed by atoms with Gasteiger partial charge in [0.25, 0.3) is 5.91 Å². The van der Waals surface area contributed by atoms with Crippen LogP contribution in [0.15, 0.2) is 54.5 Å². The number of benzene rings is 2. The van der Waals surface area contributed by atoms with Crippen molar-refractivity contribution < 1.29 is 35.6 Å². The highest BCUT2D eigenvalue weighted by atomic mass is 32.2. The Labute approximate surface area is 206 Å². The number of alkyl halides is 3. The first-order valence-corrected chi connectivity index (χ1v) is 12.5. The highest BCUT2D eigenvalue weighted by molar-refractivity contribution is 7.92. The summed E-state index contributed by atoms with van der Waals surface area (Å²) in [7, 11) is -3.57. The predicted molar refractivity (Wildman–Crippen MR) is 125 cm³/mol. The van der Waals surface area contributed by atoms with Crippen LogP contribution >= 0.6 is 0 Å². The average molecular weight is 528 g/mol. The van der Waals surface area contributed by atoms with Gasteiger partial charge in [-0.2, -0.15) is 13.2 Å². The van der Waals surface area contributed by atoms with Gasteiger partial charge in [-0.15, -0.1) is 0 Å². The molecule has 1 atom stereocenters. The van der Waals surface area contributed by atoms with E-state index in [1.807, 2.05) is 0 Å². The Kier molecular flexibility index (Phi) is 8.51. The minimum atomic E-state index is -4.44. The summed E-state index contributed by atoms with van der Waals surface area (Å²) < 4.78 is 77.9. The van der Waals surface area contributed by atoms with Crippen LogP contribution in [0.5, 0.6) is 0 Å². The maximum absolute atomic E-state index is 14.7. The lowest BCUT2D eigenvalue weighted by Crippen LogP contribution is -2.32. The number of sulfonamides is 1. The van der Waals surface area contributed by atoms with Crippen LogP contribution in [0.1, 0.15) is 33.5 Å². The summed E-state index contributed by atoms with van der Waals surface area (Å²) in [6, 6.07) is 8.23. The molecule has 0 aromatic heterocycles. The van der Waals surface area contributed by atoms with Crippen LogP contribution < -0.4 is 10.0 Å². The lowest BCUT2D eigenvalue weighted by atomic mass is 10.1. The lowest BCUT2D eigenvalue weighted by Gasteiger charge is -2.17. The fourth-order valence-corrected chi connectivity index (χ4v) is 4.33. The number of halogens is 4. The van der Waals surface area contributed by atoms with Crippen LogP contribution in [0, 0.1) is 11.7 Å². The maximum Gasteiger partial charge on any atom is 0.416 e. The summed E-state index contributed by atoms with van der Waals surface area (Å²) in [5.41, 5.74) is -0.141. The van der Waals surface area contributed by atoms with E-state index in [0.29, 0.717) is 24.1 Å².